The number of nitrogens with zero attached hydrogens (tertiary/aromatic N) is 4. The summed E-state index contributed by atoms with van der Waals surface area (Å²) in [6, 6.07) is 10.1. The van der Waals surface area contributed by atoms with Gasteiger partial charge >= 0.3 is 11.7 Å². The summed E-state index contributed by atoms with van der Waals surface area (Å²) in [6.07, 6.45) is 2.76. The Labute approximate surface area is 166 Å². The summed E-state index contributed by atoms with van der Waals surface area (Å²) in [5.41, 5.74) is 1.11. The molecule has 0 amide bonds. The second kappa shape index (κ2) is 8.74. The summed E-state index contributed by atoms with van der Waals surface area (Å²) in [4.78, 5) is 35.4. The van der Waals surface area contributed by atoms with E-state index in [-0.39, 0.29) is 29.5 Å². The van der Waals surface area contributed by atoms with Gasteiger partial charge in [0.1, 0.15) is 12.1 Å². The number of hydrogen-bond donors (Lipinski definition) is 2. The number of nitro groups is 1. The summed E-state index contributed by atoms with van der Waals surface area (Å²) in [6.45, 7) is 3.78. The van der Waals surface area contributed by atoms with Gasteiger partial charge in [0.05, 0.1) is 22.8 Å². The molecule has 10 heteroatoms. The molecule has 0 aliphatic rings. The zero-order valence-corrected chi connectivity index (χ0v) is 15.7. The minimum Gasteiger partial charge on any atom is -0.462 e. The van der Waals surface area contributed by atoms with Crippen LogP contribution >= 0.6 is 0 Å². The quantitative estimate of drug-likeness (QED) is 0.349. The number of pyridine rings is 1. The van der Waals surface area contributed by atoms with Crippen LogP contribution in [0, 0.1) is 17.0 Å². The molecule has 0 saturated heterocycles. The fraction of sp³-hybridized carbons (Fsp3) is 0.158. The first-order valence-electron chi connectivity index (χ1n) is 8.71. The highest BCUT2D eigenvalue weighted by Crippen LogP contribution is 2.33. The lowest BCUT2D eigenvalue weighted by molar-refractivity contribution is -0.383. The molecular weight excluding hydrogens is 376 g/mol. The van der Waals surface area contributed by atoms with Crippen LogP contribution in [0.1, 0.15) is 22.8 Å². The van der Waals surface area contributed by atoms with Crippen molar-refractivity contribution in [3.8, 4) is 0 Å². The Balaban J connectivity index is 1.99. The van der Waals surface area contributed by atoms with E-state index < -0.39 is 10.9 Å². The van der Waals surface area contributed by atoms with Crippen molar-refractivity contribution in [2.45, 2.75) is 13.8 Å². The number of anilines is 4. The number of aromatic nitrogens is 3. The highest BCUT2D eigenvalue weighted by atomic mass is 16.6. The average molecular weight is 394 g/mol. The molecule has 3 rings (SSSR count). The first-order chi connectivity index (χ1) is 14.0. The standard InChI is InChI=1S/C19H18N6O4/c1-3-29-19(26)13-6-4-5-7-14(13)23-17-16(25(27)28)18(22-11-21-17)24-15-10-12(2)8-9-20-15/h4-11H,3H2,1-2H3,(H2,20,21,22,23,24). The van der Waals surface area contributed by atoms with Gasteiger partial charge in [0, 0.05) is 6.20 Å². The van der Waals surface area contributed by atoms with Crippen LogP contribution in [0.4, 0.5) is 28.8 Å². The topological polar surface area (TPSA) is 132 Å². The lowest BCUT2D eigenvalue weighted by Gasteiger charge is -2.12. The predicted molar refractivity (Wildman–Crippen MR) is 107 cm³/mol. The Morgan fingerprint density at radius 3 is 2.55 bits per heavy atom. The van der Waals surface area contributed by atoms with Gasteiger partial charge in [-0.2, -0.15) is 0 Å². The van der Waals surface area contributed by atoms with Crippen LogP contribution in [0.5, 0.6) is 0 Å². The third-order valence-electron chi connectivity index (χ3n) is 3.84. The predicted octanol–water partition coefficient (Wildman–Crippen LogP) is 3.75. The van der Waals surface area contributed by atoms with Crippen molar-refractivity contribution in [2.75, 3.05) is 17.2 Å². The minimum atomic E-state index is -0.604. The van der Waals surface area contributed by atoms with E-state index in [0.29, 0.717) is 11.5 Å². The van der Waals surface area contributed by atoms with E-state index in [9.17, 15) is 14.9 Å². The van der Waals surface area contributed by atoms with Gasteiger partial charge in [0.25, 0.3) is 0 Å². The number of benzene rings is 1. The van der Waals surface area contributed by atoms with Crippen molar-refractivity contribution in [3.63, 3.8) is 0 Å². The van der Waals surface area contributed by atoms with E-state index in [1.807, 2.05) is 6.92 Å². The van der Waals surface area contributed by atoms with Crippen LogP contribution < -0.4 is 10.6 Å². The smallest absolute Gasteiger partial charge is 0.353 e. The first-order valence-corrected chi connectivity index (χ1v) is 8.71. The fourth-order valence-corrected chi connectivity index (χ4v) is 2.57. The largest absolute Gasteiger partial charge is 0.462 e. The number of hydrogen-bond acceptors (Lipinski definition) is 9. The molecule has 0 radical (unpaired) electrons. The van der Waals surface area contributed by atoms with Gasteiger partial charge in [-0.05, 0) is 43.7 Å². The number of carbonyl (C=O) groups is 1. The Bertz CT molecular complexity index is 1060. The zero-order valence-electron chi connectivity index (χ0n) is 15.7. The maximum atomic E-state index is 12.2. The lowest BCUT2D eigenvalue weighted by atomic mass is 10.2. The van der Waals surface area contributed by atoms with E-state index in [4.69, 9.17) is 4.74 Å². The molecule has 2 heterocycles. The summed E-state index contributed by atoms with van der Waals surface area (Å²) < 4.78 is 5.03. The van der Waals surface area contributed by atoms with Crippen LogP contribution in [0.2, 0.25) is 0 Å². The van der Waals surface area contributed by atoms with Gasteiger partial charge in [0.2, 0.25) is 11.6 Å². The molecule has 0 aliphatic heterocycles. The number of esters is 1. The number of ether oxygens (including phenoxy) is 1. The summed E-state index contributed by atoms with van der Waals surface area (Å²) >= 11 is 0. The van der Waals surface area contributed by atoms with Crippen LogP contribution in [0.25, 0.3) is 0 Å². The fourth-order valence-electron chi connectivity index (χ4n) is 2.57. The van der Waals surface area contributed by atoms with E-state index >= 15 is 0 Å². The Kier molecular flexibility index (Phi) is 5.93. The van der Waals surface area contributed by atoms with Crippen molar-refractivity contribution in [2.24, 2.45) is 0 Å². The summed E-state index contributed by atoms with van der Waals surface area (Å²) in [5, 5.41) is 17.4. The normalized spacial score (nSPS) is 10.3. The van der Waals surface area contributed by atoms with Gasteiger partial charge < -0.3 is 15.4 Å². The summed E-state index contributed by atoms with van der Waals surface area (Å²) in [5.74, 6) is -0.240. The molecule has 0 unspecified atom stereocenters. The van der Waals surface area contributed by atoms with Gasteiger partial charge in [-0.15, -0.1) is 0 Å². The minimum absolute atomic E-state index is 0.0285. The molecule has 29 heavy (non-hydrogen) atoms. The molecular formula is C19H18N6O4. The molecule has 2 N–H and O–H groups in total. The molecule has 1 aromatic carbocycles. The van der Waals surface area contributed by atoms with Crippen LogP contribution in [0.3, 0.4) is 0 Å². The average Bonchev–Trinajstić information content (AvgIpc) is 2.68. The molecule has 10 nitrogen and oxygen atoms in total. The van der Waals surface area contributed by atoms with Crippen molar-refractivity contribution >= 4 is 34.8 Å². The van der Waals surface area contributed by atoms with Gasteiger partial charge in [0.15, 0.2) is 0 Å². The second-order valence-electron chi connectivity index (χ2n) is 5.91. The molecule has 0 fully saturated rings. The Morgan fingerprint density at radius 1 is 1.14 bits per heavy atom. The van der Waals surface area contributed by atoms with Crippen molar-refractivity contribution in [1.82, 2.24) is 15.0 Å². The molecule has 2 aromatic heterocycles. The van der Waals surface area contributed by atoms with Crippen LogP contribution in [-0.4, -0.2) is 32.5 Å². The van der Waals surface area contributed by atoms with Gasteiger partial charge in [-0.25, -0.2) is 19.7 Å². The van der Waals surface area contributed by atoms with Gasteiger partial charge in [-0.3, -0.25) is 10.1 Å². The van der Waals surface area contributed by atoms with Crippen LogP contribution in [-0.2, 0) is 4.74 Å². The molecule has 0 spiro atoms. The Hall–Kier alpha value is -4.08. The van der Waals surface area contributed by atoms with E-state index in [1.54, 1.807) is 49.5 Å². The molecule has 0 atom stereocenters. The molecule has 0 bridgehead atoms. The van der Waals surface area contributed by atoms with Crippen molar-refractivity contribution < 1.29 is 14.5 Å². The van der Waals surface area contributed by atoms with Crippen LogP contribution in [0.15, 0.2) is 48.9 Å². The Morgan fingerprint density at radius 2 is 1.86 bits per heavy atom. The maximum absolute atomic E-state index is 12.2. The number of carbonyl (C=O) groups excluding carboxylic acids is 1. The highest BCUT2D eigenvalue weighted by molar-refractivity contribution is 5.97. The third kappa shape index (κ3) is 4.61. The molecule has 0 aliphatic carbocycles. The SMILES string of the molecule is CCOC(=O)c1ccccc1Nc1ncnc(Nc2cc(C)ccn2)c1[N+](=O)[O-]. The monoisotopic (exact) mass is 394 g/mol. The van der Waals surface area contributed by atoms with Crippen molar-refractivity contribution in [3.05, 3.63) is 70.2 Å². The zero-order chi connectivity index (χ0) is 20.8. The summed E-state index contributed by atoms with van der Waals surface area (Å²) in [7, 11) is 0. The molecule has 148 valence electrons. The number of nitrogens with one attached hydrogen (secondary N) is 2. The highest BCUT2D eigenvalue weighted by Gasteiger charge is 2.25. The molecule has 0 saturated carbocycles. The number of aryl methyl sites for hydroxylation is 1. The first kappa shape index (κ1) is 19.7. The molecule has 3 aromatic rings. The van der Waals surface area contributed by atoms with Crippen molar-refractivity contribution in [1.29, 1.82) is 0 Å². The van der Waals surface area contributed by atoms with E-state index in [0.717, 1.165) is 5.56 Å². The number of para-hydroxylation sites is 1. The third-order valence-corrected chi connectivity index (χ3v) is 3.84. The lowest BCUT2D eigenvalue weighted by Crippen LogP contribution is -2.10. The van der Waals surface area contributed by atoms with E-state index in [1.165, 1.54) is 6.33 Å². The second-order valence-corrected chi connectivity index (χ2v) is 5.91. The maximum Gasteiger partial charge on any atom is 0.353 e. The van der Waals surface area contributed by atoms with E-state index in [2.05, 4.69) is 25.6 Å². The van der Waals surface area contributed by atoms with Gasteiger partial charge in [-0.1, -0.05) is 12.1 Å². The number of rotatable bonds is 7.